The smallest absolute Gasteiger partial charge is 0.117 e. The van der Waals surface area contributed by atoms with E-state index in [4.69, 9.17) is 0 Å². The maximum Gasteiger partial charge on any atom is 0.117 e. The third-order valence-electron chi connectivity index (χ3n) is 2.42. The summed E-state index contributed by atoms with van der Waals surface area (Å²) < 4.78 is 2.02. The van der Waals surface area contributed by atoms with Gasteiger partial charge in [-0.05, 0) is 12.8 Å². The predicted octanol–water partition coefficient (Wildman–Crippen LogP) is 2.28. The van der Waals surface area contributed by atoms with E-state index in [1.807, 2.05) is 23.5 Å². The molecule has 4 heteroatoms. The number of rotatable bonds is 2. The van der Waals surface area contributed by atoms with Crippen molar-refractivity contribution in [1.29, 1.82) is 0 Å². The van der Waals surface area contributed by atoms with E-state index in [1.165, 1.54) is 28.6 Å². The van der Waals surface area contributed by atoms with E-state index in [1.54, 1.807) is 0 Å². The second-order valence-electron chi connectivity index (χ2n) is 3.63. The van der Waals surface area contributed by atoms with Crippen molar-refractivity contribution in [3.05, 3.63) is 5.69 Å². The molecule has 1 aromatic rings. The second kappa shape index (κ2) is 4.26. The van der Waals surface area contributed by atoms with Gasteiger partial charge in [-0.15, -0.1) is 11.8 Å². The fourth-order valence-corrected chi connectivity index (χ4v) is 2.82. The molecule has 0 aliphatic carbocycles. The van der Waals surface area contributed by atoms with E-state index in [-0.39, 0.29) is 0 Å². The van der Waals surface area contributed by atoms with Gasteiger partial charge < -0.3 is 5.32 Å². The molecule has 0 spiro atoms. The Bertz CT molecular complexity index is 319. The molecule has 0 atom stereocenters. The summed E-state index contributed by atoms with van der Waals surface area (Å²) in [6.07, 6.45) is 3.48. The van der Waals surface area contributed by atoms with Crippen LogP contribution in [-0.2, 0) is 13.5 Å². The van der Waals surface area contributed by atoms with E-state index in [2.05, 4.69) is 17.3 Å². The van der Waals surface area contributed by atoms with Gasteiger partial charge in [0.15, 0.2) is 0 Å². The van der Waals surface area contributed by atoms with Gasteiger partial charge in [0.25, 0.3) is 0 Å². The summed E-state index contributed by atoms with van der Waals surface area (Å²) in [5.41, 5.74) is 2.52. The van der Waals surface area contributed by atoms with Crippen LogP contribution in [0.3, 0.4) is 0 Å². The van der Waals surface area contributed by atoms with Crippen molar-refractivity contribution in [2.24, 2.45) is 7.05 Å². The third kappa shape index (κ3) is 1.75. The number of thioether (sulfide) groups is 1. The summed E-state index contributed by atoms with van der Waals surface area (Å²) in [5.74, 6) is 1.20. The van der Waals surface area contributed by atoms with Crippen molar-refractivity contribution in [2.45, 2.75) is 31.2 Å². The van der Waals surface area contributed by atoms with Crippen LogP contribution in [0.15, 0.2) is 5.03 Å². The molecular weight excluding hydrogens is 194 g/mol. The van der Waals surface area contributed by atoms with E-state index in [9.17, 15) is 0 Å². The molecule has 2 rings (SSSR count). The maximum absolute atomic E-state index is 4.56. The van der Waals surface area contributed by atoms with Crippen molar-refractivity contribution in [3.63, 3.8) is 0 Å². The number of aromatic nitrogens is 2. The molecular formula is C10H17N3S. The van der Waals surface area contributed by atoms with E-state index in [0.29, 0.717) is 0 Å². The van der Waals surface area contributed by atoms with Crippen LogP contribution in [0.4, 0.5) is 5.69 Å². The minimum Gasteiger partial charge on any atom is -0.381 e. The lowest BCUT2D eigenvalue weighted by Crippen LogP contribution is -2.02. The normalized spacial score (nSPS) is 15.9. The average Bonchev–Trinajstić information content (AvgIpc) is 2.41. The lowest BCUT2D eigenvalue weighted by Gasteiger charge is -2.02. The number of fused-ring (bicyclic) bond motifs is 1. The Morgan fingerprint density at radius 1 is 1.57 bits per heavy atom. The summed E-state index contributed by atoms with van der Waals surface area (Å²) in [6.45, 7) is 3.29. The molecule has 0 amide bonds. The van der Waals surface area contributed by atoms with Gasteiger partial charge in [-0.3, -0.25) is 4.68 Å². The Balaban J connectivity index is 2.34. The lowest BCUT2D eigenvalue weighted by molar-refractivity contribution is 0.682. The number of hydrogen-bond donors (Lipinski definition) is 1. The van der Waals surface area contributed by atoms with E-state index < -0.39 is 0 Å². The van der Waals surface area contributed by atoms with Gasteiger partial charge in [0.1, 0.15) is 5.03 Å². The van der Waals surface area contributed by atoms with Gasteiger partial charge in [0.2, 0.25) is 0 Å². The summed E-state index contributed by atoms with van der Waals surface area (Å²) >= 11 is 1.92. The predicted molar refractivity (Wildman–Crippen MR) is 61.0 cm³/mol. The lowest BCUT2D eigenvalue weighted by atomic mass is 10.2. The zero-order chi connectivity index (χ0) is 9.97. The highest BCUT2D eigenvalue weighted by molar-refractivity contribution is 7.99. The molecule has 2 heterocycles. The first-order valence-corrected chi connectivity index (χ1v) is 6.24. The highest BCUT2D eigenvalue weighted by Gasteiger charge is 2.17. The number of aryl methyl sites for hydroxylation is 2. The standard InChI is InChI=1S/C10H17N3S/c1-3-5-8-9-10(13(2)12-8)14-7-4-6-11-9/h11H,3-7H2,1-2H3. The Hall–Kier alpha value is -0.640. The largest absolute Gasteiger partial charge is 0.381 e. The van der Waals surface area contributed by atoms with Gasteiger partial charge in [-0.1, -0.05) is 13.3 Å². The molecule has 3 nitrogen and oxygen atoms in total. The first-order chi connectivity index (χ1) is 6.83. The van der Waals surface area contributed by atoms with E-state index in [0.717, 1.165) is 19.4 Å². The summed E-state index contributed by atoms with van der Waals surface area (Å²) in [7, 11) is 2.04. The molecule has 14 heavy (non-hydrogen) atoms. The Morgan fingerprint density at radius 3 is 3.21 bits per heavy atom. The molecule has 0 saturated heterocycles. The monoisotopic (exact) mass is 211 g/mol. The van der Waals surface area contributed by atoms with Crippen LogP contribution in [0.2, 0.25) is 0 Å². The topological polar surface area (TPSA) is 29.9 Å². The van der Waals surface area contributed by atoms with Crippen LogP contribution in [0.25, 0.3) is 0 Å². The number of hydrogen-bond acceptors (Lipinski definition) is 3. The zero-order valence-electron chi connectivity index (χ0n) is 8.84. The van der Waals surface area contributed by atoms with Gasteiger partial charge >= 0.3 is 0 Å². The molecule has 0 bridgehead atoms. The zero-order valence-corrected chi connectivity index (χ0v) is 9.65. The molecule has 1 N–H and O–H groups in total. The van der Waals surface area contributed by atoms with Gasteiger partial charge in [-0.2, -0.15) is 5.10 Å². The molecule has 0 aromatic carbocycles. The van der Waals surface area contributed by atoms with Crippen molar-refractivity contribution in [2.75, 3.05) is 17.6 Å². The molecule has 0 fully saturated rings. The average molecular weight is 211 g/mol. The van der Waals surface area contributed by atoms with Crippen LogP contribution in [0.1, 0.15) is 25.5 Å². The minimum absolute atomic E-state index is 1.08. The quantitative estimate of drug-likeness (QED) is 0.814. The van der Waals surface area contributed by atoms with E-state index >= 15 is 0 Å². The first kappa shape index (κ1) is 9.90. The van der Waals surface area contributed by atoms with Crippen LogP contribution in [-0.4, -0.2) is 22.1 Å². The van der Waals surface area contributed by atoms with Crippen LogP contribution in [0, 0.1) is 0 Å². The molecule has 78 valence electrons. The highest BCUT2D eigenvalue weighted by Crippen LogP contribution is 2.33. The fourth-order valence-electron chi connectivity index (χ4n) is 1.77. The number of anilines is 1. The van der Waals surface area contributed by atoms with Gasteiger partial charge in [-0.25, -0.2) is 0 Å². The summed E-state index contributed by atoms with van der Waals surface area (Å²) in [5, 5.41) is 9.36. The summed E-state index contributed by atoms with van der Waals surface area (Å²) in [4.78, 5) is 0. The second-order valence-corrected chi connectivity index (χ2v) is 4.71. The van der Waals surface area contributed by atoms with Crippen molar-refractivity contribution < 1.29 is 0 Å². The van der Waals surface area contributed by atoms with Crippen LogP contribution >= 0.6 is 11.8 Å². The maximum atomic E-state index is 4.56. The molecule has 1 aromatic heterocycles. The molecule has 0 saturated carbocycles. The van der Waals surface area contributed by atoms with Crippen molar-refractivity contribution >= 4 is 17.4 Å². The Labute approximate surface area is 89.3 Å². The SMILES string of the molecule is CCCc1nn(C)c2c1NCCCS2. The first-order valence-electron chi connectivity index (χ1n) is 5.25. The number of nitrogens with one attached hydrogen (secondary N) is 1. The Kier molecular flexibility index (Phi) is 3.01. The van der Waals surface area contributed by atoms with Crippen molar-refractivity contribution in [1.82, 2.24) is 9.78 Å². The minimum atomic E-state index is 1.08. The molecule has 1 aliphatic heterocycles. The molecule has 0 radical (unpaired) electrons. The molecule has 0 unspecified atom stereocenters. The number of nitrogens with zero attached hydrogens (tertiary/aromatic N) is 2. The Morgan fingerprint density at radius 2 is 2.43 bits per heavy atom. The van der Waals surface area contributed by atoms with Crippen molar-refractivity contribution in [3.8, 4) is 0 Å². The summed E-state index contributed by atoms with van der Waals surface area (Å²) in [6, 6.07) is 0. The highest BCUT2D eigenvalue weighted by atomic mass is 32.2. The van der Waals surface area contributed by atoms with Crippen LogP contribution in [0.5, 0.6) is 0 Å². The van der Waals surface area contributed by atoms with Gasteiger partial charge in [0.05, 0.1) is 11.4 Å². The van der Waals surface area contributed by atoms with Gasteiger partial charge in [0, 0.05) is 19.3 Å². The molecule has 1 aliphatic rings. The van der Waals surface area contributed by atoms with Crippen LogP contribution < -0.4 is 5.32 Å². The third-order valence-corrected chi connectivity index (χ3v) is 3.65. The fraction of sp³-hybridized carbons (Fsp3) is 0.700.